The van der Waals surface area contributed by atoms with E-state index in [0.717, 1.165) is 4.57 Å². The van der Waals surface area contributed by atoms with E-state index in [-0.39, 0.29) is 41.6 Å². The smallest absolute Gasteiger partial charge is 0.542 e. The van der Waals surface area contributed by atoms with Gasteiger partial charge in [0.15, 0.2) is 5.65 Å². The predicted octanol–water partition coefficient (Wildman–Crippen LogP) is 0.00100. The maximum absolute atomic E-state index is 14.9. The van der Waals surface area contributed by atoms with Crippen LogP contribution in [-0.4, -0.2) is 41.0 Å². The molecule has 0 unspecified atom stereocenters. The second-order valence-electron chi connectivity index (χ2n) is 7.34. The van der Waals surface area contributed by atoms with E-state index < -0.39 is 50.3 Å². The van der Waals surface area contributed by atoms with Crippen LogP contribution < -0.4 is 40.0 Å². The number of ether oxygens (including phenoxy) is 1. The van der Waals surface area contributed by atoms with Gasteiger partial charge < -0.3 is 19.2 Å². The molecule has 1 N–H and O–H groups in total. The van der Waals surface area contributed by atoms with Crippen molar-refractivity contribution in [3.05, 3.63) is 62.9 Å². The van der Waals surface area contributed by atoms with Gasteiger partial charge in [-0.2, -0.15) is 4.98 Å². The molecule has 4 rings (SSSR count). The Morgan fingerprint density at radius 3 is 2.54 bits per heavy atom. The summed E-state index contributed by atoms with van der Waals surface area (Å²) in [5, 5.41) is 0.435. The summed E-state index contributed by atoms with van der Waals surface area (Å²) in [7, 11) is -3.16. The molecule has 3 aromatic heterocycles. The number of sulfonamides is 1. The minimum atomic E-state index is -4.59. The van der Waals surface area contributed by atoms with Crippen LogP contribution in [0.1, 0.15) is 25.3 Å². The summed E-state index contributed by atoms with van der Waals surface area (Å²) in [6.45, 7) is 1.11. The number of methoxy groups -OCH3 is 1. The number of fused-ring (bicyclic) bond motifs is 3. The van der Waals surface area contributed by atoms with Crippen molar-refractivity contribution in [1.82, 2.24) is 19.5 Å². The molecule has 3 heterocycles. The number of benzene rings is 1. The number of rotatable bonds is 7. The first-order valence-electron chi connectivity index (χ1n) is 10.1. The number of nitrogens with zero attached hydrogens (tertiary/aromatic N) is 4. The summed E-state index contributed by atoms with van der Waals surface area (Å²) < 4.78 is 63.5. The monoisotopic (exact) mass is 513 g/mol. The van der Waals surface area contributed by atoms with Crippen molar-refractivity contribution in [3.8, 4) is 5.88 Å². The minimum Gasteiger partial charge on any atom is -0.542 e. The number of hydrogen-bond donors (Lipinski definition) is 1. The molecule has 0 atom stereocenters. The molecule has 0 radical (unpaired) electrons. The molecule has 0 aliphatic carbocycles. The molecule has 0 aliphatic rings. The van der Waals surface area contributed by atoms with E-state index in [1.54, 1.807) is 19.1 Å². The minimum absolute atomic E-state index is 0. The quantitative estimate of drug-likeness (QED) is 0.344. The molecule has 1 aromatic carbocycles. The Morgan fingerprint density at radius 1 is 1.23 bits per heavy atom. The van der Waals surface area contributed by atoms with Crippen molar-refractivity contribution in [2.75, 3.05) is 7.11 Å². The zero-order valence-electron chi connectivity index (χ0n) is 19.0. The number of aromatic nitrogens is 4. The number of carbonyl (C=O) groups excluding carboxylic acids is 1. The van der Waals surface area contributed by atoms with E-state index in [4.69, 9.17) is 4.74 Å². The van der Waals surface area contributed by atoms with E-state index in [1.807, 2.05) is 0 Å². The summed E-state index contributed by atoms with van der Waals surface area (Å²) >= 11 is 0. The van der Waals surface area contributed by atoms with Crippen molar-refractivity contribution in [2.45, 2.75) is 31.2 Å². The van der Waals surface area contributed by atoms with Crippen LogP contribution in [0.2, 0.25) is 0 Å². The molecule has 0 bridgehead atoms. The van der Waals surface area contributed by atoms with E-state index in [2.05, 4.69) is 19.7 Å². The Balaban J connectivity index is 0.00000342. The third-order valence-electron chi connectivity index (χ3n) is 5.06. The van der Waals surface area contributed by atoms with Gasteiger partial charge in [-0.15, -0.1) is 0 Å². The second-order valence-corrected chi connectivity index (χ2v) is 8.94. The third-order valence-corrected chi connectivity index (χ3v) is 6.33. The van der Waals surface area contributed by atoms with Crippen LogP contribution in [-0.2, 0) is 21.4 Å². The van der Waals surface area contributed by atoms with Crippen molar-refractivity contribution in [3.63, 3.8) is 0 Å². The average molecular weight is 513 g/mol. The van der Waals surface area contributed by atoms with E-state index in [9.17, 15) is 26.8 Å². The van der Waals surface area contributed by atoms with Crippen LogP contribution >= 0.6 is 0 Å². The van der Waals surface area contributed by atoms with Gasteiger partial charge >= 0.3 is 35.2 Å². The molecule has 0 fully saturated rings. The Hall–Kier alpha value is -2.87. The summed E-state index contributed by atoms with van der Waals surface area (Å²) in [4.78, 5) is 34.3. The van der Waals surface area contributed by atoms with Gasteiger partial charge in [0.2, 0.25) is 5.88 Å². The molecular formula is C21H18F2N5NaO5S. The molecular weight excluding hydrogens is 495 g/mol. The average Bonchev–Trinajstić information content (AvgIpc) is 3.10. The Bertz CT molecular complexity index is 1580. The number of hydrogen-bond acceptors (Lipinski definition) is 7. The van der Waals surface area contributed by atoms with Gasteiger partial charge in [-0.05, 0) is 24.6 Å². The van der Waals surface area contributed by atoms with Crippen LogP contribution in [0, 0.1) is 11.6 Å². The second kappa shape index (κ2) is 10.4. The van der Waals surface area contributed by atoms with Gasteiger partial charge in [-0.25, -0.2) is 27.0 Å². The fraction of sp³-hybridized carbons (Fsp3) is 0.238. The fourth-order valence-electron chi connectivity index (χ4n) is 3.46. The van der Waals surface area contributed by atoms with Crippen molar-refractivity contribution < 1.29 is 56.3 Å². The molecule has 10 nitrogen and oxygen atoms in total. The Labute approximate surface area is 220 Å². The first-order chi connectivity index (χ1) is 16.1. The Morgan fingerprint density at radius 2 is 1.91 bits per heavy atom. The summed E-state index contributed by atoms with van der Waals surface area (Å²) in [6.07, 6.45) is 1.61. The number of halogens is 2. The van der Waals surface area contributed by atoms with Gasteiger partial charge in [0.1, 0.15) is 21.7 Å². The maximum Gasteiger partial charge on any atom is 1.00 e. The standard InChI is InChI=1S/C21H19F2N5O5S.Na/c1-3-4-17(29)27-34(31,32)11-7-14(22)13(15(23)8-11)10-28-19-12-5-6-18(33-2)26-20(12)24-9-16(19)25-21(28)30;/h5-9H,3-4,10H2,1-2H3,(H2,25,27,29,30);/q;+1/p-1. The molecule has 35 heavy (non-hydrogen) atoms. The summed E-state index contributed by atoms with van der Waals surface area (Å²) in [5.74, 6) is -3.05. The first kappa shape index (κ1) is 26.7. The van der Waals surface area contributed by atoms with Crippen LogP contribution in [0.25, 0.3) is 26.8 Å². The van der Waals surface area contributed by atoms with Crippen LogP contribution in [0.5, 0.6) is 5.88 Å². The number of nitrogens with one attached hydrogen (secondary N) is 1. The first-order valence-corrected chi connectivity index (χ1v) is 11.5. The fourth-order valence-corrected chi connectivity index (χ4v) is 4.43. The zero-order valence-corrected chi connectivity index (χ0v) is 21.8. The van der Waals surface area contributed by atoms with Gasteiger partial charge in [0.05, 0.1) is 41.7 Å². The zero-order chi connectivity index (χ0) is 24.6. The van der Waals surface area contributed by atoms with E-state index in [0.29, 0.717) is 40.9 Å². The molecule has 0 saturated heterocycles. The number of aromatic amines is 1. The van der Waals surface area contributed by atoms with Crippen LogP contribution in [0.3, 0.4) is 0 Å². The largest absolute Gasteiger partial charge is 1.00 e. The molecule has 4 aromatic rings. The number of H-pyrrole nitrogens is 1. The number of carbonyl (C=O) groups is 1. The molecule has 178 valence electrons. The maximum atomic E-state index is 14.9. The topological polar surface area (TPSA) is 138 Å². The Kier molecular flexibility index (Phi) is 7.94. The summed E-state index contributed by atoms with van der Waals surface area (Å²) in [5.41, 5.74) is -0.331. The molecule has 0 saturated carbocycles. The van der Waals surface area contributed by atoms with Crippen molar-refractivity contribution >= 4 is 38.0 Å². The number of imidazole rings is 1. The van der Waals surface area contributed by atoms with Crippen molar-refractivity contribution in [2.24, 2.45) is 0 Å². The van der Waals surface area contributed by atoms with Gasteiger partial charge in [-0.1, -0.05) is 13.3 Å². The molecule has 14 heteroatoms. The number of amides is 1. The summed E-state index contributed by atoms with van der Waals surface area (Å²) in [6, 6.07) is 4.30. The van der Waals surface area contributed by atoms with Crippen molar-refractivity contribution in [1.29, 1.82) is 0 Å². The van der Waals surface area contributed by atoms with Gasteiger partial charge in [0.25, 0.3) is 0 Å². The van der Waals surface area contributed by atoms with Crippen LogP contribution in [0.15, 0.2) is 40.2 Å². The predicted molar refractivity (Wildman–Crippen MR) is 118 cm³/mol. The van der Waals surface area contributed by atoms with Gasteiger partial charge in [-0.3, -0.25) is 4.57 Å². The SMILES string of the molecule is CCCC(=O)[N-]S(=O)(=O)c1cc(F)c(Cn2c(=O)[nH]c3cnc4nc(OC)ccc4c32)c(F)c1.[Na+]. The molecule has 0 spiro atoms. The van der Waals surface area contributed by atoms with Crippen LogP contribution in [0.4, 0.5) is 8.78 Å². The molecule has 1 amide bonds. The van der Waals surface area contributed by atoms with Gasteiger partial charge in [0, 0.05) is 17.0 Å². The number of pyridine rings is 2. The van der Waals surface area contributed by atoms with E-state index in [1.165, 1.54) is 13.3 Å². The molecule has 0 aliphatic heterocycles. The van der Waals surface area contributed by atoms with E-state index >= 15 is 0 Å². The normalized spacial score (nSPS) is 11.4. The third kappa shape index (κ3) is 5.22.